The highest BCUT2D eigenvalue weighted by Crippen LogP contribution is 2.66. The third-order valence-corrected chi connectivity index (χ3v) is 14.0. The largest absolute Gasteiger partial charge is 0.491 e. The minimum absolute atomic E-state index is 0.0418. The smallest absolute Gasteiger partial charge is 0.421 e. The van der Waals surface area contributed by atoms with E-state index in [-0.39, 0.29) is 49.8 Å². The number of carbonyl (C=O) groups excluding carboxylic acids is 5. The number of non-ortho nitro benzene ring substituents is 1. The standard InChI is InChI=1S/C55H49N9O11/c56-52(69)57-23-8-10-35-19-22-43-42(32-35)55(51(68)62(43)54(70)74-34-36-17-20-40(21-18-36)64(71)72)44(49(66)60-26-28-61(29-27-60)53-58-24-9-25-59-53)46-50(67)75-47(38-13-5-2-6-14-38)45(37-11-3-1-4-12-37)63(46)48(55)39-15-7-16-41(33-39)73-31-30-65/h1-7,9,11-22,24-25,32-33,44-48,65H,23,26-31,34H2,(H3,56,57,69). The topological polar surface area (TPSA) is 253 Å². The van der Waals surface area contributed by atoms with Crippen LogP contribution in [-0.4, -0.2) is 112 Å². The summed E-state index contributed by atoms with van der Waals surface area (Å²) in [7, 11) is 0. The molecule has 0 radical (unpaired) electrons. The number of aromatic nitrogens is 2. The molecule has 5 aromatic carbocycles. The van der Waals surface area contributed by atoms with Gasteiger partial charge < -0.3 is 40.2 Å². The fourth-order valence-electron chi connectivity index (χ4n) is 10.9. The number of benzene rings is 5. The van der Waals surface area contributed by atoms with Crippen molar-refractivity contribution in [2.45, 2.75) is 36.3 Å². The van der Waals surface area contributed by atoms with Gasteiger partial charge in [-0.3, -0.25) is 29.4 Å². The van der Waals surface area contributed by atoms with Gasteiger partial charge in [-0.2, -0.15) is 0 Å². The van der Waals surface area contributed by atoms with Gasteiger partial charge in [-0.05, 0) is 76.3 Å². The van der Waals surface area contributed by atoms with E-state index in [2.05, 4.69) is 27.1 Å². The van der Waals surface area contributed by atoms with Crippen LogP contribution in [0.2, 0.25) is 0 Å². The van der Waals surface area contributed by atoms with Crippen molar-refractivity contribution < 1.29 is 48.2 Å². The van der Waals surface area contributed by atoms with Crippen LogP contribution in [0.25, 0.3) is 0 Å². The lowest BCUT2D eigenvalue weighted by Gasteiger charge is -2.46. The molecule has 10 rings (SSSR count). The molecule has 6 aromatic rings. The number of nitrogens with two attached hydrogens (primary N) is 1. The van der Waals surface area contributed by atoms with Gasteiger partial charge in [0.2, 0.25) is 17.8 Å². The molecular formula is C55H49N9O11. The van der Waals surface area contributed by atoms with E-state index in [1.807, 2.05) is 70.5 Å². The lowest BCUT2D eigenvalue weighted by atomic mass is 9.64. The van der Waals surface area contributed by atoms with Crippen LogP contribution in [0, 0.1) is 27.9 Å². The van der Waals surface area contributed by atoms with E-state index in [9.17, 15) is 24.8 Å². The summed E-state index contributed by atoms with van der Waals surface area (Å²) in [6.07, 6.45) is 1.12. The van der Waals surface area contributed by atoms with Crippen molar-refractivity contribution in [1.82, 2.24) is 25.1 Å². The molecule has 0 saturated carbocycles. The summed E-state index contributed by atoms with van der Waals surface area (Å²) in [6, 6.07) is 32.7. The number of rotatable bonds is 12. The monoisotopic (exact) mass is 1010 g/mol. The maximum absolute atomic E-state index is 16.7. The summed E-state index contributed by atoms with van der Waals surface area (Å²) in [5.74, 6) is 2.81. The highest BCUT2D eigenvalue weighted by Gasteiger charge is 2.76. The van der Waals surface area contributed by atoms with Crippen LogP contribution in [0.1, 0.15) is 51.6 Å². The zero-order chi connectivity index (χ0) is 52.2. The van der Waals surface area contributed by atoms with Crippen molar-refractivity contribution in [2.75, 3.05) is 55.7 Å². The molecule has 4 N–H and O–H groups in total. The quantitative estimate of drug-likeness (QED) is 0.0622. The number of urea groups is 1. The number of piperazine rings is 1. The third kappa shape index (κ3) is 9.30. The van der Waals surface area contributed by atoms with E-state index in [1.165, 1.54) is 30.3 Å². The molecule has 1 aromatic heterocycles. The Balaban J connectivity index is 1.21. The Morgan fingerprint density at radius 2 is 1.53 bits per heavy atom. The first-order chi connectivity index (χ1) is 36.5. The Kier molecular flexibility index (Phi) is 13.9. The number of nitrogens with one attached hydrogen (secondary N) is 1. The van der Waals surface area contributed by atoms with Crippen LogP contribution in [-0.2, 0) is 35.9 Å². The number of ether oxygens (including phenoxy) is 3. The molecule has 75 heavy (non-hydrogen) atoms. The number of cyclic esters (lactones) is 1. The minimum atomic E-state index is -2.18. The third-order valence-electron chi connectivity index (χ3n) is 14.0. The number of amides is 5. The number of anilines is 2. The van der Waals surface area contributed by atoms with Crippen LogP contribution >= 0.6 is 0 Å². The SMILES string of the molecule is NC(=O)NCC#Cc1ccc2c(c1)C1(C(=O)N2C(=O)OCc2ccc([N+](=O)[O-])cc2)C(C(=O)N2CCN(c3ncccn3)CC2)C2C(=O)OC(c3ccccc3)C(c3ccccc3)N2C1c1cccc(OCCO)c1. The van der Waals surface area contributed by atoms with Gasteiger partial charge in [0.15, 0.2) is 0 Å². The van der Waals surface area contributed by atoms with Crippen molar-refractivity contribution in [1.29, 1.82) is 0 Å². The molecule has 20 heteroatoms. The van der Waals surface area contributed by atoms with Gasteiger partial charge in [0.05, 0.1) is 41.8 Å². The van der Waals surface area contributed by atoms with E-state index in [4.69, 9.17) is 19.9 Å². The zero-order valence-electron chi connectivity index (χ0n) is 40.1. The van der Waals surface area contributed by atoms with Gasteiger partial charge in [0.25, 0.3) is 5.69 Å². The minimum Gasteiger partial charge on any atom is -0.491 e. The first kappa shape index (κ1) is 49.4. The summed E-state index contributed by atoms with van der Waals surface area (Å²) in [6.45, 7) is -0.0564. The Morgan fingerprint density at radius 3 is 2.21 bits per heavy atom. The van der Waals surface area contributed by atoms with Gasteiger partial charge in [-0.15, -0.1) is 0 Å². The molecule has 5 amide bonds. The second-order valence-corrected chi connectivity index (χ2v) is 18.1. The lowest BCUT2D eigenvalue weighted by Crippen LogP contribution is -2.59. The fourth-order valence-corrected chi connectivity index (χ4v) is 10.9. The average Bonchev–Trinajstić information content (AvgIpc) is 4.03. The van der Waals surface area contributed by atoms with Crippen LogP contribution < -0.4 is 25.6 Å². The normalized spacial score (nSPS) is 21.8. The van der Waals surface area contributed by atoms with Crippen molar-refractivity contribution in [2.24, 2.45) is 11.7 Å². The highest BCUT2D eigenvalue weighted by atomic mass is 16.6. The highest BCUT2D eigenvalue weighted by molar-refractivity contribution is 6.23. The first-order valence-electron chi connectivity index (χ1n) is 24.1. The number of aliphatic hydroxyl groups excluding tert-OH is 1. The van der Waals surface area contributed by atoms with E-state index in [0.717, 1.165) is 4.90 Å². The maximum atomic E-state index is 16.7. The molecule has 3 saturated heterocycles. The van der Waals surface area contributed by atoms with Crippen LogP contribution in [0.3, 0.4) is 0 Å². The molecule has 380 valence electrons. The van der Waals surface area contributed by atoms with E-state index >= 15 is 14.4 Å². The van der Waals surface area contributed by atoms with E-state index in [0.29, 0.717) is 52.6 Å². The Morgan fingerprint density at radius 1 is 0.840 bits per heavy atom. The van der Waals surface area contributed by atoms with Crippen LogP contribution in [0.4, 0.5) is 26.9 Å². The summed E-state index contributed by atoms with van der Waals surface area (Å²) >= 11 is 0. The molecule has 0 bridgehead atoms. The van der Waals surface area contributed by atoms with E-state index < -0.39 is 77.0 Å². The Hall–Kier alpha value is -9.19. The Bertz CT molecular complexity index is 3210. The van der Waals surface area contributed by atoms with Gasteiger partial charge in [-0.1, -0.05) is 84.6 Å². The van der Waals surface area contributed by atoms with Gasteiger partial charge in [0, 0.05) is 56.3 Å². The molecule has 6 atom stereocenters. The van der Waals surface area contributed by atoms with Gasteiger partial charge in [-0.25, -0.2) is 24.5 Å². The first-order valence-corrected chi connectivity index (χ1v) is 24.1. The molecule has 5 heterocycles. The van der Waals surface area contributed by atoms with Crippen molar-refractivity contribution in [3.63, 3.8) is 0 Å². The summed E-state index contributed by atoms with van der Waals surface area (Å²) in [4.78, 5) is 101. The number of morpholine rings is 1. The number of carbonyl (C=O) groups is 5. The molecular weight excluding hydrogens is 963 g/mol. The van der Waals surface area contributed by atoms with Gasteiger partial charge >= 0.3 is 18.1 Å². The number of aliphatic hydroxyl groups is 1. The summed E-state index contributed by atoms with van der Waals surface area (Å²) < 4.78 is 18.5. The molecule has 3 fully saturated rings. The van der Waals surface area contributed by atoms with E-state index in [1.54, 1.807) is 59.8 Å². The number of nitro groups is 1. The molecule has 4 aliphatic rings. The second kappa shape index (κ2) is 21.1. The van der Waals surface area contributed by atoms with Gasteiger partial charge in [0.1, 0.15) is 36.5 Å². The van der Waals surface area contributed by atoms with Crippen molar-refractivity contribution >= 4 is 47.2 Å². The predicted octanol–water partition coefficient (Wildman–Crippen LogP) is 5.13. The fraction of sp³-hybridized carbons (Fsp3) is 0.255. The molecule has 6 unspecified atom stereocenters. The number of esters is 1. The predicted molar refractivity (Wildman–Crippen MR) is 270 cm³/mol. The molecule has 20 nitrogen and oxygen atoms in total. The van der Waals surface area contributed by atoms with Crippen LogP contribution in [0.5, 0.6) is 5.75 Å². The number of nitro benzene ring substituents is 1. The maximum Gasteiger partial charge on any atom is 0.421 e. The number of hydrogen-bond donors (Lipinski definition) is 3. The Labute approximate surface area is 429 Å². The second-order valence-electron chi connectivity index (χ2n) is 18.1. The van der Waals surface area contributed by atoms with Crippen molar-refractivity contribution in [3.8, 4) is 17.6 Å². The summed E-state index contributed by atoms with van der Waals surface area (Å²) in [5.41, 5.74) is 5.64. The molecule has 1 spiro atoms. The number of primary amides is 1. The number of hydrogen-bond acceptors (Lipinski definition) is 15. The zero-order valence-corrected chi connectivity index (χ0v) is 40.1. The summed E-state index contributed by atoms with van der Waals surface area (Å²) in [5, 5.41) is 23.8. The van der Waals surface area contributed by atoms with Crippen molar-refractivity contribution in [3.05, 3.63) is 189 Å². The average molecular weight is 1010 g/mol. The molecule has 0 aliphatic carbocycles. The number of fused-ring (bicyclic) bond motifs is 3. The number of nitrogens with zero attached hydrogens (tertiary/aromatic N) is 7. The van der Waals surface area contributed by atoms with Crippen LogP contribution in [0.15, 0.2) is 146 Å². The lowest BCUT2D eigenvalue weighted by molar-refractivity contribution is -0.384. The number of imide groups is 1. The molecule has 4 aliphatic heterocycles.